The van der Waals surface area contributed by atoms with E-state index >= 15 is 0 Å². The summed E-state index contributed by atoms with van der Waals surface area (Å²) in [6.45, 7) is 1.97. The molecular weight excluding hydrogens is 270 g/mol. The summed E-state index contributed by atoms with van der Waals surface area (Å²) in [5.74, 6) is 0.255. The first-order chi connectivity index (χ1) is 8.97. The molecule has 102 valence electrons. The number of thiazole rings is 1. The molecule has 7 nitrogen and oxygen atoms in total. The van der Waals surface area contributed by atoms with E-state index in [0.717, 1.165) is 16.2 Å². The number of urea groups is 1. The smallest absolute Gasteiger partial charge is 0.328 e. The number of aromatic nitrogens is 1. The molecule has 3 unspecified atom stereocenters. The van der Waals surface area contributed by atoms with E-state index in [2.05, 4.69) is 10.3 Å². The number of Topliss-reactive ketones (excluding diaryl/α,β-unsaturated/α-hetero) is 1. The molecule has 1 aromatic rings. The van der Waals surface area contributed by atoms with Gasteiger partial charge in [-0.1, -0.05) is 18.3 Å². The highest BCUT2D eigenvalue weighted by molar-refractivity contribution is 7.17. The number of aliphatic hydroxyl groups is 2. The van der Waals surface area contributed by atoms with Gasteiger partial charge in [0.1, 0.15) is 0 Å². The molecule has 0 aromatic carbocycles. The molecule has 3 N–H and O–H groups in total. The van der Waals surface area contributed by atoms with Gasteiger partial charge >= 0.3 is 6.03 Å². The number of carbonyl (C=O) groups excluding carboxylic acids is 2. The second-order valence-electron chi connectivity index (χ2n) is 4.89. The van der Waals surface area contributed by atoms with Gasteiger partial charge in [0, 0.05) is 6.42 Å². The van der Waals surface area contributed by atoms with Gasteiger partial charge in [-0.25, -0.2) is 14.7 Å². The Labute approximate surface area is 112 Å². The first kappa shape index (κ1) is 12.5. The molecule has 1 aliphatic heterocycles. The van der Waals surface area contributed by atoms with E-state index in [4.69, 9.17) is 0 Å². The molecule has 1 aromatic heterocycles. The average Bonchev–Trinajstić information content (AvgIpc) is 2.81. The first-order valence-corrected chi connectivity index (χ1v) is 6.77. The average molecular weight is 283 g/mol. The molecule has 19 heavy (non-hydrogen) atoms. The Morgan fingerprint density at radius 1 is 1.37 bits per heavy atom. The highest BCUT2D eigenvalue weighted by atomic mass is 32.1. The fraction of sp³-hybridized carbons (Fsp3) is 0.545. The summed E-state index contributed by atoms with van der Waals surface area (Å²) in [7, 11) is 0. The highest BCUT2D eigenvalue weighted by Gasteiger charge is 2.41. The number of rotatable bonds is 1. The largest absolute Gasteiger partial charge is 0.369 e. The summed E-state index contributed by atoms with van der Waals surface area (Å²) in [6.07, 6.45) is -1.56. The number of amides is 2. The molecule has 0 radical (unpaired) electrons. The molecule has 1 saturated heterocycles. The van der Waals surface area contributed by atoms with Crippen molar-refractivity contribution in [2.45, 2.75) is 32.2 Å². The van der Waals surface area contributed by atoms with E-state index in [1.165, 1.54) is 0 Å². The molecule has 1 fully saturated rings. The van der Waals surface area contributed by atoms with E-state index in [-0.39, 0.29) is 16.8 Å². The normalized spacial score (nSPS) is 30.5. The van der Waals surface area contributed by atoms with E-state index in [9.17, 15) is 19.8 Å². The van der Waals surface area contributed by atoms with Crippen molar-refractivity contribution in [3.63, 3.8) is 0 Å². The minimum absolute atomic E-state index is 0.0205. The molecule has 2 amide bonds. The summed E-state index contributed by atoms with van der Waals surface area (Å²) in [6, 6.07) is -0.619. The topological polar surface area (TPSA) is 103 Å². The fourth-order valence-corrected chi connectivity index (χ4v) is 3.41. The standard InChI is InChI=1S/C11H13N3O4S/c1-4-2-5-7(6(15)3-4)19-11(12-5)14-9(17)8(16)13-10(14)18/h4,8-9,16-17H,2-3H2,1H3,(H,13,18). The number of fused-ring (bicyclic) bond motifs is 1. The maximum atomic E-state index is 11.9. The quantitative estimate of drug-likeness (QED) is 0.677. The van der Waals surface area contributed by atoms with E-state index in [0.29, 0.717) is 23.4 Å². The molecule has 0 saturated carbocycles. The third kappa shape index (κ3) is 1.92. The summed E-state index contributed by atoms with van der Waals surface area (Å²) in [5, 5.41) is 21.6. The van der Waals surface area contributed by atoms with Gasteiger partial charge in [-0.15, -0.1) is 0 Å². The lowest BCUT2D eigenvalue weighted by Crippen LogP contribution is -2.36. The van der Waals surface area contributed by atoms with Crippen molar-refractivity contribution >= 4 is 28.3 Å². The molecule has 3 rings (SSSR count). The molecule has 0 spiro atoms. The monoisotopic (exact) mass is 283 g/mol. The lowest BCUT2D eigenvalue weighted by Gasteiger charge is -2.15. The molecule has 2 heterocycles. The molecule has 8 heteroatoms. The van der Waals surface area contributed by atoms with Crippen LogP contribution in [0, 0.1) is 5.92 Å². The van der Waals surface area contributed by atoms with Crippen molar-refractivity contribution in [2.24, 2.45) is 5.92 Å². The Morgan fingerprint density at radius 2 is 2.11 bits per heavy atom. The Kier molecular flexibility index (Phi) is 2.80. The van der Waals surface area contributed by atoms with Crippen LogP contribution in [-0.4, -0.2) is 39.5 Å². The number of anilines is 1. The molecule has 1 aliphatic carbocycles. The van der Waals surface area contributed by atoms with Crippen LogP contribution in [0.15, 0.2) is 0 Å². The molecular formula is C11H13N3O4S. The van der Waals surface area contributed by atoms with Crippen LogP contribution in [0.4, 0.5) is 9.93 Å². The van der Waals surface area contributed by atoms with Gasteiger partial charge in [0.25, 0.3) is 0 Å². The summed E-state index contributed by atoms with van der Waals surface area (Å²) in [4.78, 5) is 29.3. The van der Waals surface area contributed by atoms with Crippen LogP contribution in [0.3, 0.4) is 0 Å². The predicted molar refractivity (Wildman–Crippen MR) is 67.0 cm³/mol. The predicted octanol–water partition coefficient (Wildman–Crippen LogP) is 0.0745. The second kappa shape index (κ2) is 4.26. The van der Waals surface area contributed by atoms with Crippen LogP contribution in [0.25, 0.3) is 0 Å². The van der Waals surface area contributed by atoms with Gasteiger partial charge in [-0.3, -0.25) is 4.79 Å². The van der Waals surface area contributed by atoms with Crippen molar-refractivity contribution in [3.8, 4) is 0 Å². The van der Waals surface area contributed by atoms with Crippen molar-refractivity contribution in [2.75, 3.05) is 4.90 Å². The van der Waals surface area contributed by atoms with Gasteiger partial charge < -0.3 is 15.5 Å². The first-order valence-electron chi connectivity index (χ1n) is 5.96. The lowest BCUT2D eigenvalue weighted by atomic mass is 9.92. The maximum absolute atomic E-state index is 11.9. The Hall–Kier alpha value is -1.51. The third-order valence-electron chi connectivity index (χ3n) is 3.26. The Morgan fingerprint density at radius 3 is 2.74 bits per heavy atom. The van der Waals surface area contributed by atoms with Gasteiger partial charge in [0.05, 0.1) is 10.6 Å². The van der Waals surface area contributed by atoms with Crippen LogP contribution in [-0.2, 0) is 6.42 Å². The van der Waals surface area contributed by atoms with E-state index in [1.807, 2.05) is 6.92 Å². The number of nitrogens with zero attached hydrogens (tertiary/aromatic N) is 2. The summed E-state index contributed by atoms with van der Waals surface area (Å²) >= 11 is 1.09. The maximum Gasteiger partial charge on any atom is 0.328 e. The number of ketones is 1. The van der Waals surface area contributed by atoms with Gasteiger partial charge in [-0.05, 0) is 12.3 Å². The third-order valence-corrected chi connectivity index (χ3v) is 4.40. The Balaban J connectivity index is 1.97. The zero-order valence-electron chi connectivity index (χ0n) is 10.2. The number of aliphatic hydroxyl groups excluding tert-OH is 2. The highest BCUT2D eigenvalue weighted by Crippen LogP contribution is 2.35. The number of nitrogens with one attached hydrogen (secondary N) is 1. The van der Waals surface area contributed by atoms with Crippen LogP contribution in [0.5, 0.6) is 0 Å². The van der Waals surface area contributed by atoms with Gasteiger partial charge in [0.15, 0.2) is 23.4 Å². The van der Waals surface area contributed by atoms with E-state index < -0.39 is 18.5 Å². The lowest BCUT2D eigenvalue weighted by molar-refractivity contribution is 0.0330. The SMILES string of the molecule is CC1CC(=O)c2sc(N3C(=O)NC(O)C3O)nc2C1. The van der Waals surface area contributed by atoms with Crippen molar-refractivity contribution in [3.05, 3.63) is 10.6 Å². The van der Waals surface area contributed by atoms with Crippen molar-refractivity contribution in [1.29, 1.82) is 0 Å². The van der Waals surface area contributed by atoms with Crippen molar-refractivity contribution in [1.82, 2.24) is 10.3 Å². The van der Waals surface area contributed by atoms with Crippen LogP contribution < -0.4 is 10.2 Å². The van der Waals surface area contributed by atoms with Gasteiger partial charge in [0.2, 0.25) is 0 Å². The van der Waals surface area contributed by atoms with Gasteiger partial charge in [-0.2, -0.15) is 0 Å². The zero-order chi connectivity index (χ0) is 13.7. The molecule has 0 bridgehead atoms. The van der Waals surface area contributed by atoms with E-state index in [1.54, 1.807) is 0 Å². The Bertz CT molecular complexity index is 558. The number of hydrogen-bond donors (Lipinski definition) is 3. The summed E-state index contributed by atoms with van der Waals surface area (Å²) < 4.78 is 0. The van der Waals surface area contributed by atoms with Crippen LogP contribution >= 0.6 is 11.3 Å². The van der Waals surface area contributed by atoms with Crippen molar-refractivity contribution < 1.29 is 19.8 Å². The zero-order valence-corrected chi connectivity index (χ0v) is 11.0. The number of hydrogen-bond acceptors (Lipinski definition) is 6. The van der Waals surface area contributed by atoms with Crippen LogP contribution in [0.2, 0.25) is 0 Å². The molecule has 2 aliphatic rings. The minimum Gasteiger partial charge on any atom is -0.369 e. The minimum atomic E-state index is -1.38. The van der Waals surface area contributed by atoms with Crippen LogP contribution in [0.1, 0.15) is 28.7 Å². The fourth-order valence-electron chi connectivity index (χ4n) is 2.34. The second-order valence-corrected chi connectivity index (χ2v) is 5.86. The molecule has 3 atom stereocenters. The summed E-state index contributed by atoms with van der Waals surface area (Å²) in [5.41, 5.74) is 0.671. The number of carbonyl (C=O) groups is 2.